The van der Waals surface area contributed by atoms with Crippen molar-refractivity contribution in [2.75, 3.05) is 11.1 Å². The van der Waals surface area contributed by atoms with Crippen molar-refractivity contribution < 1.29 is 9.53 Å². The van der Waals surface area contributed by atoms with E-state index >= 15 is 0 Å². The molecule has 1 aliphatic carbocycles. The molecule has 1 fully saturated rings. The first-order valence-corrected chi connectivity index (χ1v) is 8.67. The van der Waals surface area contributed by atoms with Gasteiger partial charge in [-0.15, -0.1) is 0 Å². The summed E-state index contributed by atoms with van der Waals surface area (Å²) in [5, 5.41) is 3.16. The Bertz CT molecular complexity index is 744. The van der Waals surface area contributed by atoms with E-state index in [0.717, 1.165) is 43.4 Å². The highest BCUT2D eigenvalue weighted by molar-refractivity contribution is 5.72. The molecule has 0 radical (unpaired) electrons. The Morgan fingerprint density at radius 2 is 2.00 bits per heavy atom. The number of hydrogen-bond donors (Lipinski definition) is 2. The number of para-hydroxylation sites is 1. The number of hydrogen-bond acceptors (Lipinski definition) is 7. The average molecular weight is 341 g/mol. The zero-order valence-corrected chi connectivity index (χ0v) is 14.4. The standard InChI is InChI=1S/C18H23N5O2/c1-2-12-7-5-6-10-14(12)20-18-22-15(21-17(19)23-18)11-25-16(24)13-8-3-4-9-13/h5-7,10,13H,2-4,8-9,11H2,1H3,(H3,19,20,21,22,23). The molecule has 1 aromatic heterocycles. The van der Waals surface area contributed by atoms with Crippen LogP contribution in [0.25, 0.3) is 0 Å². The van der Waals surface area contributed by atoms with E-state index in [2.05, 4.69) is 27.2 Å². The number of nitrogens with zero attached hydrogens (tertiary/aromatic N) is 3. The van der Waals surface area contributed by atoms with Crippen LogP contribution in [0.5, 0.6) is 0 Å². The van der Waals surface area contributed by atoms with E-state index < -0.39 is 0 Å². The van der Waals surface area contributed by atoms with Crippen LogP contribution in [0.3, 0.4) is 0 Å². The maximum atomic E-state index is 12.0. The van der Waals surface area contributed by atoms with Crippen LogP contribution in [0.4, 0.5) is 17.6 Å². The van der Waals surface area contributed by atoms with Crippen molar-refractivity contribution in [1.29, 1.82) is 0 Å². The number of benzene rings is 1. The van der Waals surface area contributed by atoms with Crippen LogP contribution in [0.15, 0.2) is 24.3 Å². The summed E-state index contributed by atoms with van der Waals surface area (Å²) in [6.07, 6.45) is 4.86. The van der Waals surface area contributed by atoms with E-state index in [1.165, 1.54) is 0 Å². The van der Waals surface area contributed by atoms with Crippen LogP contribution in [-0.2, 0) is 22.6 Å². The highest BCUT2D eigenvalue weighted by atomic mass is 16.5. The molecule has 0 bridgehead atoms. The zero-order chi connectivity index (χ0) is 17.6. The van der Waals surface area contributed by atoms with Crippen molar-refractivity contribution in [1.82, 2.24) is 15.0 Å². The lowest BCUT2D eigenvalue weighted by Crippen LogP contribution is -2.16. The van der Waals surface area contributed by atoms with Crippen molar-refractivity contribution in [3.63, 3.8) is 0 Å². The van der Waals surface area contributed by atoms with Crippen LogP contribution >= 0.6 is 0 Å². The molecule has 1 heterocycles. The third kappa shape index (κ3) is 4.43. The molecule has 0 amide bonds. The first kappa shape index (κ1) is 17.1. The van der Waals surface area contributed by atoms with Gasteiger partial charge in [0.1, 0.15) is 0 Å². The second-order valence-corrected chi connectivity index (χ2v) is 6.16. The summed E-state index contributed by atoms with van der Waals surface area (Å²) in [4.78, 5) is 24.5. The van der Waals surface area contributed by atoms with Crippen molar-refractivity contribution in [3.05, 3.63) is 35.7 Å². The first-order chi connectivity index (χ1) is 12.2. The van der Waals surface area contributed by atoms with Gasteiger partial charge in [0, 0.05) is 5.69 Å². The molecule has 3 N–H and O–H groups in total. The number of aryl methyl sites for hydroxylation is 1. The minimum atomic E-state index is -0.178. The van der Waals surface area contributed by atoms with Crippen LogP contribution in [-0.4, -0.2) is 20.9 Å². The van der Waals surface area contributed by atoms with Gasteiger partial charge < -0.3 is 15.8 Å². The number of nitrogen functional groups attached to an aromatic ring is 1. The predicted octanol–water partition coefficient (Wildman–Crippen LogP) is 2.99. The molecule has 0 spiro atoms. The monoisotopic (exact) mass is 341 g/mol. The topological polar surface area (TPSA) is 103 Å². The number of anilines is 3. The predicted molar refractivity (Wildman–Crippen MR) is 95.1 cm³/mol. The van der Waals surface area contributed by atoms with Gasteiger partial charge >= 0.3 is 5.97 Å². The Morgan fingerprint density at radius 3 is 2.76 bits per heavy atom. The first-order valence-electron chi connectivity index (χ1n) is 8.67. The lowest BCUT2D eigenvalue weighted by molar-refractivity contribution is -0.149. The molecule has 0 atom stereocenters. The van der Waals surface area contributed by atoms with Crippen LogP contribution in [0.2, 0.25) is 0 Å². The number of carbonyl (C=O) groups excluding carboxylic acids is 1. The van der Waals surface area contributed by atoms with E-state index in [0.29, 0.717) is 11.8 Å². The third-order valence-corrected chi connectivity index (χ3v) is 4.38. The molecule has 0 saturated heterocycles. The Balaban J connectivity index is 1.68. The average Bonchev–Trinajstić information content (AvgIpc) is 3.14. The molecular formula is C18H23N5O2. The Kier molecular flexibility index (Phi) is 5.42. The van der Waals surface area contributed by atoms with E-state index in [1.807, 2.05) is 24.3 Å². The number of aromatic nitrogens is 3. The minimum Gasteiger partial charge on any atom is -0.457 e. The third-order valence-electron chi connectivity index (χ3n) is 4.38. The van der Waals surface area contributed by atoms with E-state index in [4.69, 9.17) is 10.5 Å². The SMILES string of the molecule is CCc1ccccc1Nc1nc(N)nc(COC(=O)C2CCCC2)n1. The number of esters is 1. The number of ether oxygens (including phenoxy) is 1. The maximum absolute atomic E-state index is 12.0. The molecule has 7 nitrogen and oxygen atoms in total. The summed E-state index contributed by atoms with van der Waals surface area (Å²) in [6.45, 7) is 2.09. The summed E-state index contributed by atoms with van der Waals surface area (Å²) in [5.41, 5.74) is 7.84. The largest absolute Gasteiger partial charge is 0.457 e. The van der Waals surface area contributed by atoms with E-state index in [9.17, 15) is 4.79 Å². The zero-order valence-electron chi connectivity index (χ0n) is 14.4. The molecule has 132 valence electrons. The van der Waals surface area contributed by atoms with E-state index in [1.54, 1.807) is 0 Å². The molecule has 1 aromatic carbocycles. The summed E-state index contributed by atoms with van der Waals surface area (Å²) >= 11 is 0. The van der Waals surface area contributed by atoms with Gasteiger partial charge in [0.15, 0.2) is 12.4 Å². The molecule has 2 aromatic rings. The molecule has 1 aliphatic rings. The number of rotatable bonds is 6. The fourth-order valence-electron chi connectivity index (χ4n) is 3.04. The van der Waals surface area contributed by atoms with Gasteiger partial charge in [-0.25, -0.2) is 0 Å². The fraction of sp³-hybridized carbons (Fsp3) is 0.444. The normalized spacial score (nSPS) is 14.4. The van der Waals surface area contributed by atoms with Gasteiger partial charge in [-0.2, -0.15) is 15.0 Å². The Morgan fingerprint density at radius 1 is 1.24 bits per heavy atom. The van der Waals surface area contributed by atoms with Crippen molar-refractivity contribution in [3.8, 4) is 0 Å². The van der Waals surface area contributed by atoms with Crippen molar-refractivity contribution in [2.45, 2.75) is 45.6 Å². The molecule has 1 saturated carbocycles. The minimum absolute atomic E-state index is 0.00611. The van der Waals surface area contributed by atoms with Gasteiger partial charge in [-0.3, -0.25) is 4.79 Å². The molecular weight excluding hydrogens is 318 g/mol. The highest BCUT2D eigenvalue weighted by Gasteiger charge is 2.24. The molecule has 3 rings (SSSR count). The summed E-state index contributed by atoms with van der Waals surface area (Å²) in [6, 6.07) is 7.92. The highest BCUT2D eigenvalue weighted by Crippen LogP contribution is 2.26. The Labute approximate surface area is 147 Å². The maximum Gasteiger partial charge on any atom is 0.309 e. The lowest BCUT2D eigenvalue weighted by atomic mass is 10.1. The fourth-order valence-corrected chi connectivity index (χ4v) is 3.04. The van der Waals surface area contributed by atoms with Gasteiger partial charge in [0.2, 0.25) is 11.9 Å². The number of nitrogens with one attached hydrogen (secondary N) is 1. The number of carbonyl (C=O) groups is 1. The van der Waals surface area contributed by atoms with Gasteiger partial charge in [-0.05, 0) is 30.9 Å². The van der Waals surface area contributed by atoms with E-state index in [-0.39, 0.29) is 24.4 Å². The molecule has 0 aliphatic heterocycles. The Hall–Kier alpha value is -2.70. The molecule has 0 unspecified atom stereocenters. The molecule has 7 heteroatoms. The van der Waals surface area contributed by atoms with Crippen LogP contribution in [0.1, 0.15) is 44.0 Å². The van der Waals surface area contributed by atoms with Gasteiger partial charge in [0.05, 0.1) is 5.92 Å². The lowest BCUT2D eigenvalue weighted by Gasteiger charge is -2.12. The van der Waals surface area contributed by atoms with Crippen molar-refractivity contribution >= 4 is 23.6 Å². The summed E-state index contributed by atoms with van der Waals surface area (Å²) in [7, 11) is 0. The quantitative estimate of drug-likeness (QED) is 0.778. The van der Waals surface area contributed by atoms with Crippen LogP contribution in [0, 0.1) is 5.92 Å². The van der Waals surface area contributed by atoms with Crippen LogP contribution < -0.4 is 11.1 Å². The van der Waals surface area contributed by atoms with Crippen molar-refractivity contribution in [2.24, 2.45) is 5.92 Å². The second kappa shape index (κ2) is 7.92. The van der Waals surface area contributed by atoms with Gasteiger partial charge in [0.25, 0.3) is 0 Å². The molecule has 25 heavy (non-hydrogen) atoms. The summed E-state index contributed by atoms with van der Waals surface area (Å²) < 4.78 is 5.34. The van der Waals surface area contributed by atoms with Gasteiger partial charge in [-0.1, -0.05) is 38.0 Å². The summed E-state index contributed by atoms with van der Waals surface area (Å²) in [5.74, 6) is 0.615. The smallest absolute Gasteiger partial charge is 0.309 e. The second-order valence-electron chi connectivity index (χ2n) is 6.16. The number of nitrogens with two attached hydrogens (primary N) is 1.